The zero-order valence-electron chi connectivity index (χ0n) is 18.6. The van der Waals surface area contributed by atoms with Gasteiger partial charge in [-0.1, -0.05) is 41.4 Å². The molecule has 1 amide bonds. The van der Waals surface area contributed by atoms with Crippen molar-refractivity contribution in [2.24, 2.45) is 4.99 Å². The van der Waals surface area contributed by atoms with E-state index in [0.717, 1.165) is 22.6 Å². The molecule has 1 fully saturated rings. The normalized spacial score (nSPS) is 15.9. The third-order valence-electron chi connectivity index (χ3n) is 5.09. The first-order chi connectivity index (χ1) is 16.5. The van der Waals surface area contributed by atoms with Gasteiger partial charge in [-0.05, 0) is 78.9 Å². The maximum Gasteiger partial charge on any atom is 0.266 e. The second-order valence-electron chi connectivity index (χ2n) is 7.35. The van der Waals surface area contributed by atoms with Gasteiger partial charge in [-0.15, -0.1) is 0 Å². The molecule has 0 unspecified atom stereocenters. The van der Waals surface area contributed by atoms with Crippen LogP contribution in [-0.4, -0.2) is 29.6 Å². The zero-order chi connectivity index (χ0) is 24.1. The Morgan fingerprint density at radius 3 is 2.35 bits per heavy atom. The average Bonchev–Trinajstić information content (AvgIpc) is 3.13. The third-order valence-corrected chi connectivity index (χ3v) is 6.68. The predicted octanol–water partition coefficient (Wildman–Crippen LogP) is 7.20. The Morgan fingerprint density at radius 2 is 1.71 bits per heavy atom. The number of amides is 1. The minimum atomic E-state index is -0.0579. The van der Waals surface area contributed by atoms with Gasteiger partial charge in [-0.3, -0.25) is 9.69 Å². The number of benzene rings is 3. The Kier molecular flexibility index (Phi) is 7.83. The number of ether oxygens (including phenoxy) is 2. The van der Waals surface area contributed by atoms with Gasteiger partial charge in [0.1, 0.15) is 18.1 Å². The number of amidine groups is 1. The van der Waals surface area contributed by atoms with E-state index < -0.39 is 0 Å². The number of carbonyl (C=O) groups excluding carboxylic acids is 1. The van der Waals surface area contributed by atoms with Gasteiger partial charge in [0, 0.05) is 22.2 Å². The molecule has 0 N–H and O–H groups in total. The van der Waals surface area contributed by atoms with Crippen LogP contribution in [0.4, 0.5) is 5.69 Å². The predicted molar refractivity (Wildman–Crippen MR) is 140 cm³/mol. The number of carbonyl (C=O) groups is 1. The topological polar surface area (TPSA) is 51.1 Å². The molecule has 1 aliphatic rings. The fourth-order valence-electron chi connectivity index (χ4n) is 3.25. The van der Waals surface area contributed by atoms with Crippen LogP contribution in [0.25, 0.3) is 6.08 Å². The molecular weight excluding hydrogens is 491 g/mol. The lowest BCUT2D eigenvalue weighted by Gasteiger charge is -2.12. The van der Waals surface area contributed by atoms with Crippen molar-refractivity contribution in [3.8, 4) is 11.5 Å². The van der Waals surface area contributed by atoms with Crippen LogP contribution in [0, 0.1) is 0 Å². The molecule has 0 bridgehead atoms. The summed E-state index contributed by atoms with van der Waals surface area (Å²) in [6.07, 6.45) is 1.87. The van der Waals surface area contributed by atoms with Crippen molar-refractivity contribution in [1.82, 2.24) is 4.90 Å². The molecule has 1 aliphatic heterocycles. The number of hydrogen-bond acceptors (Lipinski definition) is 5. The molecule has 0 saturated carbocycles. The largest absolute Gasteiger partial charge is 0.497 e. The van der Waals surface area contributed by atoms with Gasteiger partial charge in [0.25, 0.3) is 5.91 Å². The molecular formula is C26H22Cl2N2O3S. The molecule has 0 aliphatic carbocycles. The second kappa shape index (κ2) is 11.0. The van der Waals surface area contributed by atoms with Crippen molar-refractivity contribution in [1.29, 1.82) is 0 Å². The van der Waals surface area contributed by atoms with E-state index in [-0.39, 0.29) is 5.91 Å². The summed E-state index contributed by atoms with van der Waals surface area (Å²) in [5.41, 5.74) is 2.51. The molecule has 0 spiro atoms. The molecule has 3 aromatic carbocycles. The number of rotatable bonds is 7. The van der Waals surface area contributed by atoms with Crippen molar-refractivity contribution in [3.63, 3.8) is 0 Å². The van der Waals surface area contributed by atoms with E-state index in [2.05, 4.69) is 4.99 Å². The molecule has 5 nitrogen and oxygen atoms in total. The van der Waals surface area contributed by atoms with E-state index in [9.17, 15) is 4.79 Å². The molecule has 3 aromatic rings. The Bertz CT molecular complexity index is 1240. The standard InChI is InChI=1S/C26H22Cl2N2O3S/c1-3-30-25(31)24(34-26(30)29-20-8-12-21(32-2)13-9-20)14-17-4-10-22(11-5-17)33-16-18-6-7-19(27)15-23(18)28/h4-15H,3,16H2,1-2H3/b24-14+,29-26?. The first-order valence-electron chi connectivity index (χ1n) is 10.6. The number of aliphatic imine (C=N–C) groups is 1. The fourth-order valence-corrected chi connectivity index (χ4v) is 4.77. The van der Waals surface area contributed by atoms with Crippen LogP contribution in [-0.2, 0) is 11.4 Å². The highest BCUT2D eigenvalue weighted by Gasteiger charge is 2.32. The summed E-state index contributed by atoms with van der Waals surface area (Å²) in [6.45, 7) is 2.81. The summed E-state index contributed by atoms with van der Waals surface area (Å²) >= 11 is 13.5. The number of likely N-dealkylation sites (N-methyl/N-ethyl adjacent to an activating group) is 1. The van der Waals surface area contributed by atoms with Gasteiger partial charge in [0.05, 0.1) is 17.7 Å². The number of nitrogens with zero attached hydrogens (tertiary/aromatic N) is 2. The van der Waals surface area contributed by atoms with Crippen molar-refractivity contribution in [2.45, 2.75) is 13.5 Å². The van der Waals surface area contributed by atoms with Crippen LogP contribution in [0.2, 0.25) is 10.0 Å². The van der Waals surface area contributed by atoms with E-state index in [1.165, 1.54) is 11.8 Å². The Balaban J connectivity index is 1.46. The van der Waals surface area contributed by atoms with E-state index >= 15 is 0 Å². The number of methoxy groups -OCH3 is 1. The van der Waals surface area contributed by atoms with Crippen molar-refractivity contribution in [3.05, 3.63) is 92.8 Å². The maximum atomic E-state index is 12.9. The Labute approximate surface area is 213 Å². The lowest BCUT2D eigenvalue weighted by molar-refractivity contribution is -0.122. The van der Waals surface area contributed by atoms with Gasteiger partial charge in [0.2, 0.25) is 0 Å². The molecule has 4 rings (SSSR count). The highest BCUT2D eigenvalue weighted by atomic mass is 35.5. The van der Waals surface area contributed by atoms with E-state index in [1.54, 1.807) is 24.1 Å². The van der Waals surface area contributed by atoms with Crippen molar-refractivity contribution >= 4 is 57.8 Å². The Hall–Kier alpha value is -2.93. The van der Waals surface area contributed by atoms with Crippen LogP contribution in [0.15, 0.2) is 76.6 Å². The first-order valence-corrected chi connectivity index (χ1v) is 12.1. The van der Waals surface area contributed by atoms with Gasteiger partial charge >= 0.3 is 0 Å². The molecule has 0 atom stereocenters. The van der Waals surface area contributed by atoms with Crippen LogP contribution in [0.1, 0.15) is 18.1 Å². The van der Waals surface area contributed by atoms with E-state index in [4.69, 9.17) is 32.7 Å². The molecule has 1 saturated heterocycles. The van der Waals surface area contributed by atoms with Crippen LogP contribution < -0.4 is 9.47 Å². The quantitative estimate of drug-likeness (QED) is 0.314. The van der Waals surface area contributed by atoms with Crippen LogP contribution >= 0.6 is 35.0 Å². The minimum absolute atomic E-state index is 0.0579. The van der Waals surface area contributed by atoms with Gasteiger partial charge < -0.3 is 9.47 Å². The summed E-state index contributed by atoms with van der Waals surface area (Å²) in [6, 6.07) is 20.3. The lowest BCUT2D eigenvalue weighted by Crippen LogP contribution is -2.28. The maximum absolute atomic E-state index is 12.9. The monoisotopic (exact) mass is 512 g/mol. The highest BCUT2D eigenvalue weighted by molar-refractivity contribution is 8.18. The summed E-state index contributed by atoms with van der Waals surface area (Å²) in [5.74, 6) is 1.41. The van der Waals surface area contributed by atoms with Crippen LogP contribution in [0.3, 0.4) is 0 Å². The minimum Gasteiger partial charge on any atom is -0.497 e. The zero-order valence-corrected chi connectivity index (χ0v) is 21.0. The molecule has 0 aromatic heterocycles. The van der Waals surface area contributed by atoms with Crippen molar-refractivity contribution in [2.75, 3.05) is 13.7 Å². The summed E-state index contributed by atoms with van der Waals surface area (Å²) in [7, 11) is 1.62. The Morgan fingerprint density at radius 1 is 1.00 bits per heavy atom. The summed E-state index contributed by atoms with van der Waals surface area (Å²) < 4.78 is 11.0. The van der Waals surface area contributed by atoms with E-state index in [0.29, 0.717) is 39.0 Å². The van der Waals surface area contributed by atoms with E-state index in [1.807, 2.05) is 67.6 Å². The number of halogens is 2. The number of thioether (sulfide) groups is 1. The molecule has 8 heteroatoms. The van der Waals surface area contributed by atoms with Gasteiger partial charge in [-0.25, -0.2) is 4.99 Å². The second-order valence-corrected chi connectivity index (χ2v) is 9.20. The third kappa shape index (κ3) is 5.76. The summed E-state index contributed by atoms with van der Waals surface area (Å²) in [5, 5.41) is 1.81. The molecule has 174 valence electrons. The smallest absolute Gasteiger partial charge is 0.266 e. The average molecular weight is 513 g/mol. The summed E-state index contributed by atoms with van der Waals surface area (Å²) in [4.78, 5) is 19.9. The fraction of sp³-hybridized carbons (Fsp3) is 0.154. The SMILES string of the molecule is CCN1C(=O)/C(=C\c2ccc(OCc3ccc(Cl)cc3Cl)cc2)SC1=Nc1ccc(OC)cc1. The lowest BCUT2D eigenvalue weighted by atomic mass is 10.2. The number of hydrogen-bond donors (Lipinski definition) is 0. The highest BCUT2D eigenvalue weighted by Crippen LogP contribution is 2.34. The van der Waals surface area contributed by atoms with Crippen LogP contribution in [0.5, 0.6) is 11.5 Å². The van der Waals surface area contributed by atoms with Gasteiger partial charge in [-0.2, -0.15) is 0 Å². The first kappa shape index (κ1) is 24.2. The molecule has 34 heavy (non-hydrogen) atoms. The van der Waals surface area contributed by atoms with Gasteiger partial charge in [0.15, 0.2) is 5.17 Å². The van der Waals surface area contributed by atoms with Crippen molar-refractivity contribution < 1.29 is 14.3 Å². The molecule has 1 heterocycles. The molecule has 0 radical (unpaired) electrons.